The Balaban J connectivity index is 0.000000180. The molecule has 0 bridgehead atoms. The zero-order valence-electron chi connectivity index (χ0n) is 4.36. The molecule has 0 amide bonds. The summed E-state index contributed by atoms with van der Waals surface area (Å²) in [5, 5.41) is 21.2. The first-order chi connectivity index (χ1) is 4.63. The fraction of sp³-hybridized carbons (Fsp3) is 0. The van der Waals surface area contributed by atoms with Gasteiger partial charge in [0.15, 0.2) is 4.44 Å². The highest BCUT2D eigenvalue weighted by Gasteiger charge is 1.80. The Hall–Kier alpha value is -0.510. The van der Waals surface area contributed by atoms with Gasteiger partial charge in [-0.25, -0.2) is 15.2 Å². The second kappa shape index (κ2) is 5.29. The number of tetrazole rings is 1. The fourth-order valence-electron chi connectivity index (χ4n) is 0.148. The molecule has 0 radical (unpaired) electrons. The van der Waals surface area contributed by atoms with Gasteiger partial charge >= 0.3 is 11.8 Å². The summed E-state index contributed by atoms with van der Waals surface area (Å²) in [5.41, 5.74) is 0. The number of aromatic amines is 1. The van der Waals surface area contributed by atoms with E-state index in [2.05, 4.69) is 32.4 Å². The van der Waals surface area contributed by atoms with Crippen LogP contribution in [0.15, 0.2) is 0 Å². The van der Waals surface area contributed by atoms with Gasteiger partial charge in [-0.3, -0.25) is 0 Å². The van der Waals surface area contributed by atoms with E-state index >= 15 is 0 Å². The standard InChI is InChI=1S/CHIN4.ClNO2/c2-1-3-5-6-4-1;1-2(3)4/h(H,3,4,5,6);. The molecule has 7 nitrogen and oxygen atoms in total. The smallest absolute Gasteiger partial charge is 0.243 e. The molecule has 0 fully saturated rings. The van der Waals surface area contributed by atoms with E-state index in [4.69, 9.17) is 10.1 Å². The molecule has 1 rings (SSSR count). The van der Waals surface area contributed by atoms with Gasteiger partial charge in [-0.15, -0.1) is 5.10 Å². The van der Waals surface area contributed by atoms with Gasteiger partial charge in [0.1, 0.15) is 0 Å². The van der Waals surface area contributed by atoms with E-state index in [1.165, 1.54) is 0 Å². The molecule has 0 unspecified atom stereocenters. The number of H-pyrrole nitrogens is 1. The summed E-state index contributed by atoms with van der Waals surface area (Å²) in [7, 11) is 0. The van der Waals surface area contributed by atoms with Crippen molar-refractivity contribution in [3.63, 3.8) is 0 Å². The first-order valence-electron chi connectivity index (χ1n) is 1.82. The molecular weight excluding hydrogens is 276 g/mol. The molecule has 1 N–H and O–H groups in total. The van der Waals surface area contributed by atoms with Crippen LogP contribution in [-0.4, -0.2) is 25.1 Å². The van der Waals surface area contributed by atoms with Crippen LogP contribution in [0.2, 0.25) is 0 Å². The van der Waals surface area contributed by atoms with Crippen molar-refractivity contribution in [2.75, 3.05) is 0 Å². The second-order valence-corrected chi connectivity index (χ2v) is 2.20. The largest absolute Gasteiger partial charge is 0.333 e. The van der Waals surface area contributed by atoms with Crippen molar-refractivity contribution in [3.05, 3.63) is 13.9 Å². The molecule has 0 aromatic carbocycles. The Morgan fingerprint density at radius 2 is 2.30 bits per heavy atom. The third-order valence-electron chi connectivity index (χ3n) is 0.319. The van der Waals surface area contributed by atoms with Gasteiger partial charge in [0, 0.05) is 22.6 Å². The number of hydrogen-bond acceptors (Lipinski definition) is 5. The van der Waals surface area contributed by atoms with Crippen molar-refractivity contribution in [1.29, 1.82) is 0 Å². The average molecular weight is 277 g/mol. The third-order valence-corrected chi connectivity index (χ3v) is 0.776. The van der Waals surface area contributed by atoms with Gasteiger partial charge in [0.05, 0.1) is 0 Å². The summed E-state index contributed by atoms with van der Waals surface area (Å²) < 4.78 is -0.312. The minimum absolute atomic E-state index is 0.715. The molecule has 0 saturated heterocycles. The van der Waals surface area contributed by atoms with Gasteiger partial charge in [-0.1, -0.05) is 0 Å². The van der Waals surface area contributed by atoms with Crippen molar-refractivity contribution in [1.82, 2.24) is 20.6 Å². The Morgan fingerprint density at radius 1 is 1.80 bits per heavy atom. The Morgan fingerprint density at radius 3 is 2.40 bits per heavy atom. The van der Waals surface area contributed by atoms with Gasteiger partial charge in [0.2, 0.25) is 3.83 Å². The Labute approximate surface area is 73.5 Å². The van der Waals surface area contributed by atoms with E-state index < -0.39 is 4.44 Å². The molecule has 9 heteroatoms. The van der Waals surface area contributed by atoms with E-state index in [1.54, 1.807) is 0 Å². The molecule has 1 heterocycles. The zero-order valence-corrected chi connectivity index (χ0v) is 7.27. The molecule has 1 aromatic heterocycles. The number of nitro groups is 1. The summed E-state index contributed by atoms with van der Waals surface area (Å²) in [5.74, 6) is 0. The minimum Gasteiger partial charge on any atom is -0.243 e. The highest BCUT2D eigenvalue weighted by atomic mass is 127. The normalized spacial score (nSPS) is 7.80. The number of nitrogens with zero attached hydrogens (tertiary/aromatic N) is 4. The van der Waals surface area contributed by atoms with Crippen LogP contribution in [-0.2, 0) is 0 Å². The molecule has 0 saturated carbocycles. The fourth-order valence-corrected chi connectivity index (χ4v) is 0.352. The average Bonchev–Trinajstić information content (AvgIpc) is 2.15. The number of hydrogen-bond donors (Lipinski definition) is 1. The van der Waals surface area contributed by atoms with Crippen molar-refractivity contribution in [2.45, 2.75) is 0 Å². The van der Waals surface area contributed by atoms with Crippen LogP contribution in [0.3, 0.4) is 0 Å². The Bertz CT molecular complexity index is 184. The van der Waals surface area contributed by atoms with Gasteiger partial charge in [-0.2, -0.15) is 0 Å². The summed E-state index contributed by atoms with van der Waals surface area (Å²) >= 11 is 5.98. The molecule has 1 aromatic rings. The van der Waals surface area contributed by atoms with Crippen LogP contribution in [0.25, 0.3) is 0 Å². The lowest BCUT2D eigenvalue weighted by Crippen LogP contribution is -1.67. The maximum absolute atomic E-state index is 8.57. The maximum atomic E-state index is 8.57. The third kappa shape index (κ3) is 7.49. The van der Waals surface area contributed by atoms with E-state index in [0.29, 0.717) is 3.83 Å². The van der Waals surface area contributed by atoms with Crippen LogP contribution >= 0.6 is 34.4 Å². The minimum atomic E-state index is -1.03. The van der Waals surface area contributed by atoms with E-state index in [9.17, 15) is 0 Å². The van der Waals surface area contributed by atoms with Crippen LogP contribution in [0, 0.1) is 13.9 Å². The first kappa shape index (κ1) is 9.49. The molecule has 0 aliphatic carbocycles. The van der Waals surface area contributed by atoms with Crippen molar-refractivity contribution < 1.29 is 4.44 Å². The van der Waals surface area contributed by atoms with E-state index in [1.807, 2.05) is 22.6 Å². The molecule has 0 spiro atoms. The van der Waals surface area contributed by atoms with Crippen LogP contribution in [0.4, 0.5) is 0 Å². The first-order valence-corrected chi connectivity index (χ1v) is 3.24. The van der Waals surface area contributed by atoms with E-state index in [-0.39, 0.29) is 0 Å². The van der Waals surface area contributed by atoms with Crippen LogP contribution < -0.4 is 0 Å². The number of rotatable bonds is 0. The van der Waals surface area contributed by atoms with Gasteiger partial charge in [-0.05, 0) is 10.4 Å². The second-order valence-electron chi connectivity index (χ2n) is 0.905. The van der Waals surface area contributed by atoms with Crippen LogP contribution in [0.5, 0.6) is 0 Å². The topological polar surface area (TPSA) is 97.6 Å². The maximum Gasteiger partial charge on any atom is 0.333 e. The Kier molecular flexibility index (Phi) is 5.02. The van der Waals surface area contributed by atoms with Crippen molar-refractivity contribution in [3.8, 4) is 0 Å². The highest BCUT2D eigenvalue weighted by Crippen LogP contribution is 1.84. The summed E-state index contributed by atoms with van der Waals surface area (Å²) in [6.45, 7) is 0. The predicted octanol–water partition coefficient (Wildman–Crippen LogP) is 0.221. The molecule has 0 aliphatic heterocycles. The number of aromatic nitrogens is 4. The zero-order chi connectivity index (χ0) is 7.98. The SMILES string of the molecule is Ic1nnn[nH]1.O=[N+]([O-])Cl. The molecule has 56 valence electrons. The quantitative estimate of drug-likeness (QED) is 0.317. The number of halogens is 2. The van der Waals surface area contributed by atoms with Crippen molar-refractivity contribution >= 4 is 34.4 Å². The van der Waals surface area contributed by atoms with E-state index in [0.717, 1.165) is 0 Å². The summed E-state index contributed by atoms with van der Waals surface area (Å²) in [6.07, 6.45) is 0. The lowest BCUT2D eigenvalue weighted by molar-refractivity contribution is -0.310. The lowest BCUT2D eigenvalue weighted by atomic mass is 11.4. The molecule has 0 atom stereocenters. The molecule has 10 heavy (non-hydrogen) atoms. The van der Waals surface area contributed by atoms with Crippen LogP contribution in [0.1, 0.15) is 0 Å². The number of nitrogens with one attached hydrogen (secondary N) is 1. The molecule has 0 aliphatic rings. The summed E-state index contributed by atoms with van der Waals surface area (Å²) in [6, 6.07) is 0. The predicted molar refractivity (Wildman–Crippen MR) is 39.7 cm³/mol. The monoisotopic (exact) mass is 277 g/mol. The van der Waals surface area contributed by atoms with Gasteiger partial charge in [0.25, 0.3) is 0 Å². The highest BCUT2D eigenvalue weighted by molar-refractivity contribution is 14.1. The molecular formula is CHClIN5O2. The van der Waals surface area contributed by atoms with Crippen molar-refractivity contribution in [2.24, 2.45) is 0 Å². The lowest BCUT2D eigenvalue weighted by Gasteiger charge is -1.59. The van der Waals surface area contributed by atoms with Gasteiger partial charge < -0.3 is 0 Å². The summed E-state index contributed by atoms with van der Waals surface area (Å²) in [4.78, 5) is 8.57.